The van der Waals surface area contributed by atoms with Gasteiger partial charge in [-0.2, -0.15) is 0 Å². The van der Waals surface area contributed by atoms with Gasteiger partial charge >= 0.3 is 5.97 Å². The summed E-state index contributed by atoms with van der Waals surface area (Å²) in [4.78, 5) is 23.4. The van der Waals surface area contributed by atoms with E-state index in [0.29, 0.717) is 11.2 Å². The minimum Gasteiger partial charge on any atom is -0.467 e. The lowest BCUT2D eigenvalue weighted by atomic mass is 10.1. The van der Waals surface area contributed by atoms with Gasteiger partial charge in [0.15, 0.2) is 17.7 Å². The van der Waals surface area contributed by atoms with Crippen LogP contribution in [0.15, 0.2) is 12.7 Å². The fourth-order valence-electron chi connectivity index (χ4n) is 2.55. The smallest absolute Gasteiger partial charge is 0.331 e. The Kier molecular flexibility index (Phi) is 4.57. The molecular weight excluding hydrogens is 322 g/mol. The summed E-state index contributed by atoms with van der Waals surface area (Å²) >= 11 is 0. The Morgan fingerprint density at radius 1 is 1.46 bits per heavy atom. The van der Waals surface area contributed by atoms with Crippen molar-refractivity contribution in [2.45, 2.75) is 24.5 Å². The Balaban J connectivity index is 1.93. The number of rotatable bonds is 5. The fourth-order valence-corrected chi connectivity index (χ4v) is 2.55. The zero-order chi connectivity index (χ0) is 17.3. The van der Waals surface area contributed by atoms with Crippen molar-refractivity contribution < 1.29 is 29.2 Å². The normalized spacial score (nSPS) is 26.8. The molecule has 0 bridgehead atoms. The molecule has 1 aliphatic rings. The fraction of sp³-hybridized carbons (Fsp3) is 0.538. The van der Waals surface area contributed by atoms with E-state index >= 15 is 0 Å². The van der Waals surface area contributed by atoms with Crippen molar-refractivity contribution in [1.29, 1.82) is 0 Å². The predicted molar refractivity (Wildman–Crippen MR) is 78.5 cm³/mol. The van der Waals surface area contributed by atoms with Crippen LogP contribution in [-0.2, 0) is 19.0 Å². The molecule has 0 spiro atoms. The van der Waals surface area contributed by atoms with Crippen molar-refractivity contribution in [3.8, 4) is 0 Å². The largest absolute Gasteiger partial charge is 0.467 e. The first-order valence-corrected chi connectivity index (χ1v) is 7.12. The first-order chi connectivity index (χ1) is 11.6. The van der Waals surface area contributed by atoms with Crippen LogP contribution >= 0.6 is 0 Å². The first-order valence-electron chi connectivity index (χ1n) is 7.12. The number of methoxy groups -OCH3 is 1. The lowest BCUT2D eigenvalue weighted by Crippen LogP contribution is -2.36. The highest BCUT2D eigenvalue weighted by Crippen LogP contribution is 2.33. The second-order valence-electron chi connectivity index (χ2n) is 5.17. The van der Waals surface area contributed by atoms with Gasteiger partial charge in [-0.15, -0.1) is 0 Å². The van der Waals surface area contributed by atoms with Gasteiger partial charge < -0.3 is 30.2 Å². The number of aliphatic hydroxyl groups excluding tert-OH is 2. The van der Waals surface area contributed by atoms with Crippen molar-refractivity contribution in [2.24, 2.45) is 0 Å². The zero-order valence-electron chi connectivity index (χ0n) is 12.8. The molecule has 130 valence electrons. The minimum absolute atomic E-state index is 0.197. The van der Waals surface area contributed by atoms with Crippen molar-refractivity contribution in [2.75, 3.05) is 26.1 Å². The van der Waals surface area contributed by atoms with E-state index in [-0.39, 0.29) is 12.4 Å². The number of hydrogen-bond donors (Lipinski definition) is 3. The number of fused-ring (bicyclic) bond motifs is 1. The average Bonchev–Trinajstić information content (AvgIpc) is 3.14. The van der Waals surface area contributed by atoms with Gasteiger partial charge in [0.2, 0.25) is 0 Å². The van der Waals surface area contributed by atoms with Crippen LogP contribution in [0.2, 0.25) is 0 Å². The summed E-state index contributed by atoms with van der Waals surface area (Å²) in [6.45, 7) is -0.792. The predicted octanol–water partition coefficient (Wildman–Crippen LogP) is -1.78. The monoisotopic (exact) mass is 339 g/mol. The molecule has 1 fully saturated rings. The summed E-state index contributed by atoms with van der Waals surface area (Å²) in [5.74, 6) is -0.404. The maximum Gasteiger partial charge on any atom is 0.331 e. The van der Waals surface area contributed by atoms with Gasteiger partial charge in [-0.25, -0.2) is 19.7 Å². The van der Waals surface area contributed by atoms with E-state index in [2.05, 4.69) is 19.7 Å². The Morgan fingerprint density at radius 2 is 2.25 bits per heavy atom. The lowest BCUT2D eigenvalue weighted by Gasteiger charge is -2.21. The third-order valence-electron chi connectivity index (χ3n) is 3.78. The summed E-state index contributed by atoms with van der Waals surface area (Å²) in [6.07, 6.45) is -1.14. The number of esters is 1. The van der Waals surface area contributed by atoms with E-state index in [9.17, 15) is 15.0 Å². The molecule has 1 saturated heterocycles. The van der Waals surface area contributed by atoms with Crippen molar-refractivity contribution in [3.63, 3.8) is 0 Å². The van der Waals surface area contributed by atoms with Gasteiger partial charge in [0, 0.05) is 0 Å². The zero-order valence-corrected chi connectivity index (χ0v) is 12.8. The Labute approximate surface area is 136 Å². The highest BCUT2D eigenvalue weighted by Gasteiger charge is 2.46. The molecule has 11 nitrogen and oxygen atoms in total. The Bertz CT molecular complexity index is 737. The number of aliphatic hydroxyl groups is 2. The molecule has 3 rings (SSSR count). The number of ether oxygens (including phenoxy) is 3. The van der Waals surface area contributed by atoms with Gasteiger partial charge in [-0.05, 0) is 0 Å². The molecule has 0 radical (unpaired) electrons. The summed E-state index contributed by atoms with van der Waals surface area (Å²) < 4.78 is 17.1. The molecule has 2 aromatic rings. The van der Waals surface area contributed by atoms with Crippen LogP contribution in [0.5, 0.6) is 0 Å². The van der Waals surface area contributed by atoms with Gasteiger partial charge in [0.05, 0.1) is 20.0 Å². The Hall–Kier alpha value is -2.34. The molecule has 1 aliphatic heterocycles. The van der Waals surface area contributed by atoms with E-state index in [4.69, 9.17) is 15.2 Å². The first kappa shape index (κ1) is 16.5. The molecule has 1 unspecified atom stereocenters. The third-order valence-corrected chi connectivity index (χ3v) is 3.78. The quantitative estimate of drug-likeness (QED) is 0.532. The number of nitrogens with zero attached hydrogens (tertiary/aromatic N) is 4. The number of anilines is 1. The number of carbonyl (C=O) groups excluding carboxylic acids is 1. The topological polar surface area (TPSA) is 155 Å². The standard InChI is InChI=1S/C13H17N5O6/c1-22-7(20)3-23-10-9(21)6(2-19)24-13(10)18-5-17-8-11(14)15-4-16-12(8)18/h4-6,9-10,13,19,21H,2-3H2,1H3,(H2,14,15,16)/t6-,9-,10-,13?/m1/s1. The lowest BCUT2D eigenvalue weighted by molar-refractivity contribution is -0.152. The molecular formula is C13H17N5O6. The molecule has 24 heavy (non-hydrogen) atoms. The Morgan fingerprint density at radius 3 is 2.96 bits per heavy atom. The summed E-state index contributed by atoms with van der Waals surface area (Å²) in [5, 5.41) is 19.6. The van der Waals surface area contributed by atoms with Crippen LogP contribution in [0, 0.1) is 0 Å². The van der Waals surface area contributed by atoms with Crippen LogP contribution in [0.1, 0.15) is 6.23 Å². The SMILES string of the molecule is COC(=O)CO[C@H]1C(n2cnc3c(N)ncnc32)O[C@H](CO)[C@H]1O. The van der Waals surface area contributed by atoms with Crippen molar-refractivity contribution in [3.05, 3.63) is 12.7 Å². The number of nitrogens with two attached hydrogens (primary N) is 1. The maximum absolute atomic E-state index is 11.3. The van der Waals surface area contributed by atoms with Gasteiger partial charge in [0.1, 0.15) is 36.8 Å². The van der Waals surface area contributed by atoms with E-state index in [0.717, 1.165) is 0 Å². The van der Waals surface area contributed by atoms with Crippen LogP contribution in [-0.4, -0.2) is 74.3 Å². The highest BCUT2D eigenvalue weighted by atomic mass is 16.6. The number of aromatic nitrogens is 4. The van der Waals surface area contributed by atoms with E-state index < -0.39 is 37.1 Å². The number of carbonyl (C=O) groups is 1. The molecule has 0 aromatic carbocycles. The third kappa shape index (κ3) is 2.78. The maximum atomic E-state index is 11.3. The van der Waals surface area contributed by atoms with Gasteiger partial charge in [0.25, 0.3) is 0 Å². The number of imidazole rings is 1. The van der Waals surface area contributed by atoms with Gasteiger partial charge in [-0.3, -0.25) is 4.57 Å². The molecule has 0 aliphatic carbocycles. The second-order valence-corrected chi connectivity index (χ2v) is 5.17. The van der Waals surface area contributed by atoms with Gasteiger partial charge in [-0.1, -0.05) is 0 Å². The molecule has 2 aromatic heterocycles. The van der Waals surface area contributed by atoms with Crippen LogP contribution < -0.4 is 5.73 Å². The minimum atomic E-state index is -1.15. The molecule has 3 heterocycles. The van der Waals surface area contributed by atoms with Crippen LogP contribution in [0.25, 0.3) is 11.2 Å². The highest BCUT2D eigenvalue weighted by molar-refractivity contribution is 5.81. The average molecular weight is 339 g/mol. The summed E-state index contributed by atoms with van der Waals surface area (Å²) in [7, 11) is 1.23. The molecule has 0 saturated carbocycles. The molecule has 11 heteroatoms. The summed E-state index contributed by atoms with van der Waals surface area (Å²) in [6, 6.07) is 0. The van der Waals surface area contributed by atoms with Crippen molar-refractivity contribution in [1.82, 2.24) is 19.5 Å². The number of hydrogen-bond acceptors (Lipinski definition) is 10. The van der Waals surface area contributed by atoms with Crippen molar-refractivity contribution >= 4 is 23.0 Å². The van der Waals surface area contributed by atoms with Crippen LogP contribution in [0.3, 0.4) is 0 Å². The van der Waals surface area contributed by atoms with E-state index in [1.54, 1.807) is 0 Å². The van der Waals surface area contributed by atoms with Crippen LogP contribution in [0.4, 0.5) is 5.82 Å². The molecule has 4 N–H and O–H groups in total. The number of nitrogen functional groups attached to an aromatic ring is 1. The summed E-state index contributed by atoms with van der Waals surface area (Å²) in [5.41, 5.74) is 6.50. The van der Waals surface area contributed by atoms with E-state index in [1.807, 2.05) is 0 Å². The second kappa shape index (κ2) is 6.65. The molecule has 0 amide bonds. The molecule has 4 atom stereocenters. The van der Waals surface area contributed by atoms with E-state index in [1.165, 1.54) is 24.3 Å².